The Kier molecular flexibility index (Phi) is 7.06. The van der Waals surface area contributed by atoms with Gasteiger partial charge in [0.15, 0.2) is 0 Å². The summed E-state index contributed by atoms with van der Waals surface area (Å²) in [5, 5.41) is 3.49. The van der Waals surface area contributed by atoms with Gasteiger partial charge in [-0.1, -0.05) is 36.2 Å². The number of hydrogen-bond acceptors (Lipinski definition) is 3. The van der Waals surface area contributed by atoms with E-state index in [2.05, 4.69) is 22.0 Å². The molecule has 1 N–H and O–H groups in total. The molecule has 2 aliphatic rings. The average molecular weight is 531 g/mol. The molecule has 2 heterocycles. The number of rotatable bonds is 5. The second-order valence-corrected chi connectivity index (χ2v) is 9.82. The molecule has 2 amide bonds. The fourth-order valence-electron chi connectivity index (χ4n) is 4.98. The number of para-hydroxylation sites is 1. The van der Waals surface area contributed by atoms with E-state index < -0.39 is 11.6 Å². The minimum absolute atomic E-state index is 0.184. The predicted molar refractivity (Wildman–Crippen MR) is 142 cm³/mol. The first-order valence-electron chi connectivity index (χ1n) is 12.0. The van der Waals surface area contributed by atoms with Gasteiger partial charge in [-0.25, -0.2) is 13.6 Å². The first kappa shape index (κ1) is 24.8. The maximum Gasteiger partial charge on any atom is 0.326 e. The maximum absolute atomic E-state index is 15.0. The minimum atomic E-state index is -0.665. The van der Waals surface area contributed by atoms with Gasteiger partial charge in [-0.2, -0.15) is 0 Å². The van der Waals surface area contributed by atoms with Gasteiger partial charge in [0.25, 0.3) is 0 Å². The topological polar surface area (TPSA) is 38.8 Å². The Morgan fingerprint density at radius 2 is 1.67 bits per heavy atom. The standard InChI is InChI=1S/C27H26Cl2F2N4O/c1-2-8-33-9-11-34(12-10-33)18-14-20(19-7-6-17(30)13-24(19)31)21-16-32-27(36)35(25(21)15-18)26-22(28)4-3-5-23(26)29/h3-7,13-15H,2,8-12,16H2,1H3,(H,32,36). The summed E-state index contributed by atoms with van der Waals surface area (Å²) in [6.07, 6.45) is 1.09. The first-order chi connectivity index (χ1) is 17.4. The van der Waals surface area contributed by atoms with Crippen molar-refractivity contribution in [3.05, 3.63) is 75.8 Å². The van der Waals surface area contributed by atoms with Crippen LogP contribution in [0.4, 0.5) is 30.6 Å². The Labute approximate surface area is 219 Å². The van der Waals surface area contributed by atoms with Gasteiger partial charge >= 0.3 is 6.03 Å². The van der Waals surface area contributed by atoms with Gasteiger partial charge in [-0.15, -0.1) is 0 Å². The van der Waals surface area contributed by atoms with Crippen molar-refractivity contribution in [1.29, 1.82) is 0 Å². The van der Waals surface area contributed by atoms with E-state index >= 15 is 4.39 Å². The van der Waals surface area contributed by atoms with E-state index in [4.69, 9.17) is 23.2 Å². The van der Waals surface area contributed by atoms with Crippen LogP contribution in [0.5, 0.6) is 0 Å². The van der Waals surface area contributed by atoms with Gasteiger partial charge in [0, 0.05) is 55.6 Å². The van der Waals surface area contributed by atoms with Crippen LogP contribution in [-0.4, -0.2) is 43.7 Å². The van der Waals surface area contributed by atoms with E-state index in [0.717, 1.165) is 50.9 Å². The lowest BCUT2D eigenvalue weighted by molar-refractivity contribution is 0.247. The monoisotopic (exact) mass is 530 g/mol. The maximum atomic E-state index is 15.0. The summed E-state index contributed by atoms with van der Waals surface area (Å²) in [6.45, 7) is 6.80. The van der Waals surface area contributed by atoms with E-state index in [1.54, 1.807) is 18.2 Å². The Morgan fingerprint density at radius 3 is 2.33 bits per heavy atom. The van der Waals surface area contributed by atoms with Crippen LogP contribution in [0.2, 0.25) is 10.0 Å². The number of urea groups is 1. The summed E-state index contributed by atoms with van der Waals surface area (Å²) in [5.41, 5.74) is 3.33. The number of carbonyl (C=O) groups excluding carboxylic acids is 1. The van der Waals surface area contributed by atoms with Crippen LogP contribution in [-0.2, 0) is 6.54 Å². The van der Waals surface area contributed by atoms with Gasteiger partial charge in [0.1, 0.15) is 11.6 Å². The van der Waals surface area contributed by atoms with Crippen molar-refractivity contribution in [2.75, 3.05) is 42.5 Å². The number of fused-ring (bicyclic) bond motifs is 1. The average Bonchev–Trinajstić information content (AvgIpc) is 2.85. The van der Waals surface area contributed by atoms with Crippen molar-refractivity contribution < 1.29 is 13.6 Å². The number of nitrogens with zero attached hydrogens (tertiary/aromatic N) is 3. The third-order valence-electron chi connectivity index (χ3n) is 6.73. The molecule has 2 aliphatic heterocycles. The third kappa shape index (κ3) is 4.63. The number of anilines is 3. The molecule has 9 heteroatoms. The van der Waals surface area contributed by atoms with Gasteiger partial charge in [-0.3, -0.25) is 9.80 Å². The van der Waals surface area contributed by atoms with Gasteiger partial charge < -0.3 is 10.2 Å². The molecule has 0 bridgehead atoms. The Bertz CT molecular complexity index is 1290. The second kappa shape index (κ2) is 10.2. The fraction of sp³-hybridized carbons (Fsp3) is 0.296. The lowest BCUT2D eigenvalue weighted by atomic mass is 9.94. The Hall–Kier alpha value is -2.87. The summed E-state index contributed by atoms with van der Waals surface area (Å²) >= 11 is 13.0. The highest BCUT2D eigenvalue weighted by Gasteiger charge is 2.32. The molecular formula is C27H26Cl2F2N4O. The van der Waals surface area contributed by atoms with E-state index in [9.17, 15) is 9.18 Å². The highest BCUT2D eigenvalue weighted by molar-refractivity contribution is 6.40. The smallest absolute Gasteiger partial charge is 0.326 e. The van der Waals surface area contributed by atoms with Crippen molar-refractivity contribution in [2.24, 2.45) is 0 Å². The number of piperazine rings is 1. The highest BCUT2D eigenvalue weighted by Crippen LogP contribution is 2.45. The van der Waals surface area contributed by atoms with Gasteiger partial charge in [0.05, 0.1) is 21.4 Å². The summed E-state index contributed by atoms with van der Waals surface area (Å²) < 4.78 is 28.8. The third-order valence-corrected chi connectivity index (χ3v) is 7.34. The predicted octanol–water partition coefficient (Wildman–Crippen LogP) is 6.83. The summed E-state index contributed by atoms with van der Waals surface area (Å²) in [4.78, 5) is 19.3. The molecule has 0 aliphatic carbocycles. The summed E-state index contributed by atoms with van der Waals surface area (Å²) in [5.74, 6) is -1.31. The molecule has 5 rings (SSSR count). The van der Waals surface area contributed by atoms with Crippen LogP contribution in [0.25, 0.3) is 11.1 Å². The number of hydrogen-bond donors (Lipinski definition) is 1. The van der Waals surface area contributed by atoms with E-state index in [0.29, 0.717) is 32.5 Å². The SMILES string of the molecule is CCCN1CCN(c2cc(-c3ccc(F)cc3F)c3c(c2)N(c2c(Cl)cccc2Cl)C(=O)NC3)CC1. The molecule has 3 aromatic rings. The van der Waals surface area contributed by atoms with E-state index in [1.807, 2.05) is 12.1 Å². The molecular weight excluding hydrogens is 505 g/mol. The molecule has 0 spiro atoms. The van der Waals surface area contributed by atoms with Crippen LogP contribution in [0.1, 0.15) is 18.9 Å². The van der Waals surface area contributed by atoms with Crippen LogP contribution in [0, 0.1) is 11.6 Å². The number of benzene rings is 3. The Morgan fingerprint density at radius 1 is 0.944 bits per heavy atom. The fourth-order valence-corrected chi connectivity index (χ4v) is 5.55. The first-order valence-corrected chi connectivity index (χ1v) is 12.7. The number of nitrogens with one attached hydrogen (secondary N) is 1. The van der Waals surface area contributed by atoms with E-state index in [-0.39, 0.29) is 18.1 Å². The molecule has 188 valence electrons. The Balaban J connectivity index is 1.68. The molecule has 0 radical (unpaired) electrons. The van der Waals surface area contributed by atoms with Crippen molar-refractivity contribution in [3.63, 3.8) is 0 Å². The van der Waals surface area contributed by atoms with Gasteiger partial charge in [0.2, 0.25) is 0 Å². The van der Waals surface area contributed by atoms with Gasteiger partial charge in [-0.05, 0) is 54.9 Å². The molecule has 5 nitrogen and oxygen atoms in total. The van der Waals surface area contributed by atoms with Crippen molar-refractivity contribution >= 4 is 46.3 Å². The summed E-state index contributed by atoms with van der Waals surface area (Å²) in [6, 6.07) is 12.1. The zero-order valence-corrected chi connectivity index (χ0v) is 21.3. The molecule has 1 saturated heterocycles. The molecule has 0 unspecified atom stereocenters. The molecule has 3 aromatic carbocycles. The van der Waals surface area contributed by atoms with Crippen molar-refractivity contribution in [2.45, 2.75) is 19.9 Å². The summed E-state index contributed by atoms with van der Waals surface area (Å²) in [7, 11) is 0. The van der Waals surface area contributed by atoms with Crippen molar-refractivity contribution in [3.8, 4) is 11.1 Å². The van der Waals surface area contributed by atoms with Crippen LogP contribution in [0.3, 0.4) is 0 Å². The molecule has 1 fully saturated rings. The zero-order valence-electron chi connectivity index (χ0n) is 19.8. The lowest BCUT2D eigenvalue weighted by Gasteiger charge is -2.38. The second-order valence-electron chi connectivity index (χ2n) is 9.01. The number of halogens is 4. The lowest BCUT2D eigenvalue weighted by Crippen LogP contribution is -2.47. The number of carbonyl (C=O) groups is 1. The normalized spacial score (nSPS) is 16.2. The quantitative estimate of drug-likeness (QED) is 0.392. The van der Waals surface area contributed by atoms with Crippen LogP contribution < -0.4 is 15.1 Å². The molecule has 36 heavy (non-hydrogen) atoms. The van der Waals surface area contributed by atoms with E-state index in [1.165, 1.54) is 17.0 Å². The number of amides is 2. The molecule has 0 aromatic heterocycles. The molecule has 0 saturated carbocycles. The largest absolute Gasteiger partial charge is 0.369 e. The highest BCUT2D eigenvalue weighted by atomic mass is 35.5. The molecule has 0 atom stereocenters. The van der Waals surface area contributed by atoms with Crippen molar-refractivity contribution in [1.82, 2.24) is 10.2 Å². The van der Waals surface area contributed by atoms with Crippen LogP contribution in [0.15, 0.2) is 48.5 Å². The minimum Gasteiger partial charge on any atom is -0.369 e. The zero-order chi connectivity index (χ0) is 25.4. The van der Waals surface area contributed by atoms with Crippen LogP contribution >= 0.6 is 23.2 Å².